The van der Waals surface area contributed by atoms with Gasteiger partial charge in [-0.2, -0.15) is 0 Å². The molecule has 0 bridgehead atoms. The number of hydrogen-bond donors (Lipinski definition) is 1. The van der Waals surface area contributed by atoms with E-state index in [1.807, 2.05) is 41.5 Å². The van der Waals surface area contributed by atoms with Crippen molar-refractivity contribution in [2.45, 2.75) is 29.8 Å². The van der Waals surface area contributed by atoms with Crippen molar-refractivity contribution in [2.75, 3.05) is 55.7 Å². The molecule has 3 aliphatic rings. The lowest BCUT2D eigenvalue weighted by Gasteiger charge is -2.36. The molecular formula is C25H29ClN6O4S. The van der Waals surface area contributed by atoms with Gasteiger partial charge in [0.1, 0.15) is 17.1 Å². The molecule has 2 amide bonds. The summed E-state index contributed by atoms with van der Waals surface area (Å²) < 4.78 is 0. The Balaban J connectivity index is 1.07. The van der Waals surface area contributed by atoms with Crippen LogP contribution in [0.2, 0.25) is 5.02 Å². The standard InChI is InChI=1S/C25H29ClN6O4S/c1-37-19-5-2-4-18(16-19)28-24(34)35-32-10-7-25(8-11-32)17-21(29-36-25)23(33)31-14-12-30(13-15-31)22-20(26)6-3-9-27-22/h2-6,9,16H,7-8,10-15,17H2,1H3,(H,28,34). The van der Waals surface area contributed by atoms with Crippen molar-refractivity contribution in [3.63, 3.8) is 0 Å². The van der Waals surface area contributed by atoms with Gasteiger partial charge in [-0.05, 0) is 36.6 Å². The number of nitrogens with zero attached hydrogens (tertiary/aromatic N) is 5. The van der Waals surface area contributed by atoms with Gasteiger partial charge in [0.05, 0.1) is 5.02 Å². The number of benzene rings is 1. The molecule has 10 nitrogen and oxygen atoms in total. The minimum absolute atomic E-state index is 0.0887. The molecule has 1 aromatic heterocycles. The number of hydrogen-bond acceptors (Lipinski definition) is 9. The molecule has 37 heavy (non-hydrogen) atoms. The number of oxime groups is 1. The van der Waals surface area contributed by atoms with Gasteiger partial charge in [0, 0.05) is 75.3 Å². The normalized spacial score (nSPS) is 19.4. The summed E-state index contributed by atoms with van der Waals surface area (Å²) in [4.78, 5) is 46.1. The first-order valence-electron chi connectivity index (χ1n) is 12.2. The number of aromatic nitrogens is 1. The van der Waals surface area contributed by atoms with Crippen molar-refractivity contribution < 1.29 is 19.3 Å². The van der Waals surface area contributed by atoms with Crippen LogP contribution in [0.1, 0.15) is 19.3 Å². The average Bonchev–Trinajstić information content (AvgIpc) is 3.34. The molecule has 3 aliphatic heterocycles. The summed E-state index contributed by atoms with van der Waals surface area (Å²) >= 11 is 7.88. The van der Waals surface area contributed by atoms with Crippen LogP contribution >= 0.6 is 23.4 Å². The summed E-state index contributed by atoms with van der Waals surface area (Å²) in [5.41, 5.74) is 0.604. The Morgan fingerprint density at radius 1 is 1.11 bits per heavy atom. The lowest BCUT2D eigenvalue weighted by Crippen LogP contribution is -2.51. The Labute approximate surface area is 224 Å². The second kappa shape index (κ2) is 11.2. The monoisotopic (exact) mass is 544 g/mol. The second-order valence-electron chi connectivity index (χ2n) is 9.24. The van der Waals surface area contributed by atoms with Crippen LogP contribution in [0.15, 0.2) is 52.6 Å². The van der Waals surface area contributed by atoms with Crippen molar-refractivity contribution in [1.82, 2.24) is 14.9 Å². The first-order valence-corrected chi connectivity index (χ1v) is 13.8. The van der Waals surface area contributed by atoms with Gasteiger partial charge < -0.3 is 19.5 Å². The highest BCUT2D eigenvalue weighted by Crippen LogP contribution is 2.35. The number of hydroxylamine groups is 2. The van der Waals surface area contributed by atoms with E-state index in [-0.39, 0.29) is 5.91 Å². The summed E-state index contributed by atoms with van der Waals surface area (Å²) in [6.45, 7) is 3.43. The number of piperidine rings is 1. The fourth-order valence-corrected chi connectivity index (χ4v) is 5.46. The molecule has 12 heteroatoms. The number of thioether (sulfide) groups is 1. The minimum atomic E-state index is -0.530. The zero-order valence-corrected chi connectivity index (χ0v) is 22.1. The maximum Gasteiger partial charge on any atom is 0.430 e. The number of carbonyl (C=O) groups excluding carboxylic acids is 2. The summed E-state index contributed by atoms with van der Waals surface area (Å²) in [6, 6.07) is 11.2. The third-order valence-electron chi connectivity index (χ3n) is 6.85. The fourth-order valence-electron chi connectivity index (χ4n) is 4.76. The maximum absolute atomic E-state index is 13.1. The van der Waals surface area contributed by atoms with Gasteiger partial charge in [-0.3, -0.25) is 10.1 Å². The van der Waals surface area contributed by atoms with E-state index in [1.165, 1.54) is 0 Å². The number of halogens is 1. The highest BCUT2D eigenvalue weighted by atomic mass is 35.5. The predicted octanol–water partition coefficient (Wildman–Crippen LogP) is 3.88. The average molecular weight is 545 g/mol. The van der Waals surface area contributed by atoms with Crippen molar-refractivity contribution in [2.24, 2.45) is 5.16 Å². The quantitative estimate of drug-likeness (QED) is 0.566. The van der Waals surface area contributed by atoms with E-state index in [2.05, 4.69) is 20.4 Å². The van der Waals surface area contributed by atoms with Crippen LogP contribution in [0.25, 0.3) is 0 Å². The van der Waals surface area contributed by atoms with Gasteiger partial charge in [-0.15, -0.1) is 16.8 Å². The number of anilines is 2. The van der Waals surface area contributed by atoms with Crippen LogP contribution in [-0.4, -0.2) is 83.8 Å². The van der Waals surface area contributed by atoms with Gasteiger partial charge in [0.25, 0.3) is 5.91 Å². The number of carbonyl (C=O) groups is 2. The van der Waals surface area contributed by atoms with Crippen LogP contribution in [0.4, 0.5) is 16.3 Å². The van der Waals surface area contributed by atoms with E-state index in [0.29, 0.717) is 75.0 Å². The Kier molecular flexibility index (Phi) is 7.73. The molecule has 4 heterocycles. The molecule has 196 valence electrons. The third kappa shape index (κ3) is 5.94. The molecule has 5 rings (SSSR count). The molecule has 0 atom stereocenters. The molecule has 2 aromatic rings. The van der Waals surface area contributed by atoms with E-state index < -0.39 is 11.7 Å². The van der Waals surface area contributed by atoms with Crippen molar-refractivity contribution in [3.05, 3.63) is 47.6 Å². The van der Waals surface area contributed by atoms with Gasteiger partial charge >= 0.3 is 6.09 Å². The fraction of sp³-hybridized carbons (Fsp3) is 0.440. The second-order valence-corrected chi connectivity index (χ2v) is 10.5. The van der Waals surface area contributed by atoms with Crippen LogP contribution < -0.4 is 10.2 Å². The Hall–Kier alpha value is -3.02. The molecule has 1 N–H and O–H groups in total. The molecule has 0 aliphatic carbocycles. The first kappa shape index (κ1) is 25.6. The van der Waals surface area contributed by atoms with Crippen LogP contribution in [0.3, 0.4) is 0 Å². The van der Waals surface area contributed by atoms with Crippen LogP contribution in [0.5, 0.6) is 0 Å². The zero-order valence-electron chi connectivity index (χ0n) is 20.6. The highest BCUT2D eigenvalue weighted by molar-refractivity contribution is 7.98. The SMILES string of the molecule is CSc1cccc(NC(=O)ON2CCC3(CC2)CC(C(=O)N2CCN(c4ncccc4Cl)CC2)=NO3)c1. The highest BCUT2D eigenvalue weighted by Gasteiger charge is 2.45. The molecule has 0 radical (unpaired) electrons. The summed E-state index contributed by atoms with van der Waals surface area (Å²) in [6.07, 6.45) is 4.84. The minimum Gasteiger partial charge on any atom is -0.388 e. The molecular weight excluding hydrogens is 516 g/mol. The topological polar surface area (TPSA) is 99.6 Å². The molecule has 1 aromatic carbocycles. The molecule has 0 saturated carbocycles. The molecule has 1 spiro atoms. The van der Waals surface area contributed by atoms with Gasteiger partial charge in [-0.25, -0.2) is 9.78 Å². The third-order valence-corrected chi connectivity index (χ3v) is 7.87. The number of piperazine rings is 1. The van der Waals surface area contributed by atoms with E-state index in [0.717, 1.165) is 10.7 Å². The molecule has 2 fully saturated rings. The van der Waals surface area contributed by atoms with E-state index >= 15 is 0 Å². The predicted molar refractivity (Wildman–Crippen MR) is 143 cm³/mol. The molecule has 2 saturated heterocycles. The lowest BCUT2D eigenvalue weighted by atomic mass is 9.87. The maximum atomic E-state index is 13.1. The van der Waals surface area contributed by atoms with Crippen LogP contribution in [0, 0.1) is 0 Å². The van der Waals surface area contributed by atoms with E-state index in [4.69, 9.17) is 21.3 Å². The van der Waals surface area contributed by atoms with Gasteiger partial charge in [-0.1, -0.05) is 22.8 Å². The summed E-state index contributed by atoms with van der Waals surface area (Å²) in [5.74, 6) is 0.655. The zero-order chi connectivity index (χ0) is 25.8. The summed E-state index contributed by atoms with van der Waals surface area (Å²) in [7, 11) is 0. The van der Waals surface area contributed by atoms with E-state index in [9.17, 15) is 9.59 Å². The largest absolute Gasteiger partial charge is 0.430 e. The first-order chi connectivity index (χ1) is 17.9. The van der Waals surface area contributed by atoms with Crippen molar-refractivity contribution in [1.29, 1.82) is 0 Å². The lowest BCUT2D eigenvalue weighted by molar-refractivity contribution is -0.154. The van der Waals surface area contributed by atoms with Gasteiger partial charge in [0.15, 0.2) is 0 Å². The molecule has 0 unspecified atom stereocenters. The smallest absolute Gasteiger partial charge is 0.388 e. The van der Waals surface area contributed by atoms with Crippen molar-refractivity contribution >= 4 is 52.6 Å². The van der Waals surface area contributed by atoms with Crippen molar-refractivity contribution in [3.8, 4) is 0 Å². The van der Waals surface area contributed by atoms with E-state index in [1.54, 1.807) is 29.1 Å². The Bertz CT molecular complexity index is 1180. The number of nitrogens with one attached hydrogen (secondary N) is 1. The number of rotatable bonds is 5. The number of pyridine rings is 1. The number of amides is 2. The Morgan fingerprint density at radius 3 is 2.62 bits per heavy atom. The Morgan fingerprint density at radius 2 is 1.89 bits per heavy atom. The van der Waals surface area contributed by atoms with Gasteiger partial charge in [0.2, 0.25) is 0 Å². The van der Waals surface area contributed by atoms with Crippen LogP contribution in [-0.2, 0) is 14.5 Å². The summed E-state index contributed by atoms with van der Waals surface area (Å²) in [5, 5.41) is 9.18.